The molecule has 0 aliphatic carbocycles. The van der Waals surface area contributed by atoms with Gasteiger partial charge in [-0.25, -0.2) is 4.98 Å². The maximum Gasteiger partial charge on any atom is 0.229 e. The first-order chi connectivity index (χ1) is 15.9. The Balaban J connectivity index is 1.59. The summed E-state index contributed by atoms with van der Waals surface area (Å²) in [6, 6.07) is 18.4. The van der Waals surface area contributed by atoms with Crippen molar-refractivity contribution in [3.8, 4) is 11.6 Å². The van der Waals surface area contributed by atoms with Gasteiger partial charge in [0, 0.05) is 44.3 Å². The van der Waals surface area contributed by atoms with Crippen LogP contribution in [0.3, 0.4) is 0 Å². The van der Waals surface area contributed by atoms with E-state index in [2.05, 4.69) is 70.1 Å². The highest BCUT2D eigenvalue weighted by Crippen LogP contribution is 2.32. The van der Waals surface area contributed by atoms with Crippen molar-refractivity contribution in [3.05, 3.63) is 67.0 Å². The largest absolute Gasteiger partial charge is 0.489 e. The number of fused-ring (bicyclic) bond motifs is 1. The molecule has 1 N–H and O–H groups in total. The van der Waals surface area contributed by atoms with Gasteiger partial charge < -0.3 is 24.4 Å². The first kappa shape index (κ1) is 22.6. The van der Waals surface area contributed by atoms with E-state index in [-0.39, 0.29) is 6.10 Å². The minimum Gasteiger partial charge on any atom is -0.489 e. The second-order valence-electron chi connectivity index (χ2n) is 8.68. The molecule has 33 heavy (non-hydrogen) atoms. The lowest BCUT2D eigenvalue weighted by Crippen LogP contribution is -2.29. The molecule has 0 spiro atoms. The van der Waals surface area contributed by atoms with Gasteiger partial charge in [-0.3, -0.25) is 0 Å². The van der Waals surface area contributed by atoms with Crippen LogP contribution in [-0.4, -0.2) is 59.8 Å². The predicted molar refractivity (Wildman–Crippen MR) is 136 cm³/mol. The number of benzene rings is 2. The third-order valence-electron chi connectivity index (χ3n) is 5.36. The van der Waals surface area contributed by atoms with Crippen molar-refractivity contribution < 1.29 is 4.74 Å². The van der Waals surface area contributed by atoms with Crippen LogP contribution in [0.4, 0.5) is 17.3 Å². The normalized spacial score (nSPS) is 11.4. The molecule has 7 heteroatoms. The zero-order chi connectivity index (χ0) is 23.4. The molecule has 0 aliphatic rings. The number of para-hydroxylation sites is 1. The molecule has 0 saturated carbocycles. The minimum atomic E-state index is 0.0721. The summed E-state index contributed by atoms with van der Waals surface area (Å²) in [7, 11) is 6.25. The fraction of sp³-hybridized carbons (Fsp3) is 0.308. The number of hydrogen-bond donors (Lipinski definition) is 1. The average Bonchev–Trinajstić information content (AvgIpc) is 3.22. The molecule has 0 bridgehead atoms. The van der Waals surface area contributed by atoms with Crippen molar-refractivity contribution in [2.45, 2.75) is 20.0 Å². The van der Waals surface area contributed by atoms with Crippen LogP contribution in [0.1, 0.15) is 13.8 Å². The Morgan fingerprint density at radius 2 is 1.82 bits per heavy atom. The molecule has 4 rings (SSSR count). The Labute approximate surface area is 195 Å². The van der Waals surface area contributed by atoms with Crippen LogP contribution in [0.15, 0.2) is 67.0 Å². The van der Waals surface area contributed by atoms with E-state index in [0.717, 1.165) is 41.5 Å². The summed E-state index contributed by atoms with van der Waals surface area (Å²) in [6.45, 7) is 5.95. The van der Waals surface area contributed by atoms with Gasteiger partial charge in [0.15, 0.2) is 0 Å². The fourth-order valence-corrected chi connectivity index (χ4v) is 3.68. The van der Waals surface area contributed by atoms with Gasteiger partial charge in [0.25, 0.3) is 0 Å². The molecule has 0 radical (unpaired) electrons. The number of anilines is 3. The van der Waals surface area contributed by atoms with Gasteiger partial charge in [-0.05, 0) is 63.7 Å². The van der Waals surface area contributed by atoms with Gasteiger partial charge in [0.05, 0.1) is 17.3 Å². The first-order valence-corrected chi connectivity index (χ1v) is 11.2. The van der Waals surface area contributed by atoms with E-state index in [1.807, 2.05) is 50.4 Å². The molecule has 2 heterocycles. The quantitative estimate of drug-likeness (QED) is 0.394. The van der Waals surface area contributed by atoms with E-state index >= 15 is 0 Å². The standard InChI is InChI=1S/C26H32N6O/c1-19(2)33-24-18-21(10-11-23(24)31(5)17-16-30(3)4)28-26-27-14-12-25(29-26)32-15-13-20-8-6-7-9-22(20)32/h6-15,18-19H,16-17H2,1-5H3,(H,27,28,29). The molecular weight excluding hydrogens is 412 g/mol. The van der Waals surface area contributed by atoms with Crippen LogP contribution in [0.25, 0.3) is 16.7 Å². The molecule has 0 atom stereocenters. The van der Waals surface area contributed by atoms with E-state index in [1.165, 1.54) is 5.39 Å². The smallest absolute Gasteiger partial charge is 0.229 e. The molecule has 0 amide bonds. The van der Waals surface area contributed by atoms with Crippen molar-refractivity contribution >= 4 is 28.2 Å². The van der Waals surface area contributed by atoms with E-state index in [0.29, 0.717) is 5.95 Å². The third-order valence-corrected chi connectivity index (χ3v) is 5.36. The molecular formula is C26H32N6O. The van der Waals surface area contributed by atoms with Gasteiger partial charge in [-0.15, -0.1) is 0 Å². The van der Waals surface area contributed by atoms with Crippen molar-refractivity contribution in [3.63, 3.8) is 0 Å². The zero-order valence-electron chi connectivity index (χ0n) is 20.0. The molecule has 0 fully saturated rings. The highest BCUT2D eigenvalue weighted by molar-refractivity contribution is 5.81. The van der Waals surface area contributed by atoms with Crippen molar-refractivity contribution in [2.24, 2.45) is 0 Å². The van der Waals surface area contributed by atoms with E-state index in [1.54, 1.807) is 6.20 Å². The Morgan fingerprint density at radius 3 is 2.61 bits per heavy atom. The lowest BCUT2D eigenvalue weighted by Gasteiger charge is -2.25. The highest BCUT2D eigenvalue weighted by Gasteiger charge is 2.13. The fourth-order valence-electron chi connectivity index (χ4n) is 3.68. The average molecular weight is 445 g/mol. The van der Waals surface area contributed by atoms with Crippen LogP contribution in [0, 0.1) is 0 Å². The number of ether oxygens (including phenoxy) is 1. The van der Waals surface area contributed by atoms with Crippen molar-refractivity contribution in [1.82, 2.24) is 19.4 Å². The number of likely N-dealkylation sites (N-methyl/N-ethyl adjacent to an activating group) is 2. The van der Waals surface area contributed by atoms with Gasteiger partial charge in [0.1, 0.15) is 11.6 Å². The van der Waals surface area contributed by atoms with Crippen LogP contribution in [0.5, 0.6) is 5.75 Å². The molecule has 2 aromatic carbocycles. The summed E-state index contributed by atoms with van der Waals surface area (Å²) < 4.78 is 8.21. The van der Waals surface area contributed by atoms with Crippen LogP contribution in [-0.2, 0) is 0 Å². The number of rotatable bonds is 9. The third kappa shape index (κ3) is 5.43. The second kappa shape index (κ2) is 9.92. The summed E-state index contributed by atoms with van der Waals surface area (Å²) in [5.74, 6) is 2.19. The molecule has 2 aromatic heterocycles. The predicted octanol–water partition coefficient (Wildman–Crippen LogP) is 4.95. The number of nitrogens with one attached hydrogen (secondary N) is 1. The lowest BCUT2D eigenvalue weighted by molar-refractivity contribution is 0.243. The monoisotopic (exact) mass is 444 g/mol. The minimum absolute atomic E-state index is 0.0721. The van der Waals surface area contributed by atoms with Crippen LogP contribution >= 0.6 is 0 Å². The zero-order valence-corrected chi connectivity index (χ0v) is 20.0. The van der Waals surface area contributed by atoms with Crippen molar-refractivity contribution in [1.29, 1.82) is 0 Å². The van der Waals surface area contributed by atoms with Gasteiger partial charge >= 0.3 is 0 Å². The molecule has 0 saturated heterocycles. The summed E-state index contributed by atoms with van der Waals surface area (Å²) in [5, 5.41) is 4.52. The Bertz CT molecular complexity index is 1220. The molecule has 7 nitrogen and oxygen atoms in total. The topological polar surface area (TPSA) is 58.5 Å². The number of aromatic nitrogens is 3. The van der Waals surface area contributed by atoms with Crippen molar-refractivity contribution in [2.75, 3.05) is 44.4 Å². The first-order valence-electron chi connectivity index (χ1n) is 11.2. The van der Waals surface area contributed by atoms with Crippen LogP contribution in [0.2, 0.25) is 0 Å². The summed E-state index contributed by atoms with van der Waals surface area (Å²) in [6.07, 6.45) is 3.88. The molecule has 0 unspecified atom stereocenters. The molecule has 0 aliphatic heterocycles. The van der Waals surface area contributed by atoms with E-state index in [9.17, 15) is 0 Å². The molecule has 172 valence electrons. The summed E-state index contributed by atoms with van der Waals surface area (Å²) in [4.78, 5) is 13.6. The number of nitrogens with zero attached hydrogens (tertiary/aromatic N) is 5. The Kier molecular flexibility index (Phi) is 6.79. The SMILES string of the molecule is CC(C)Oc1cc(Nc2nccc(-n3ccc4ccccc43)n2)ccc1N(C)CCN(C)C. The van der Waals surface area contributed by atoms with Gasteiger partial charge in [0.2, 0.25) is 5.95 Å². The Hall–Kier alpha value is -3.58. The maximum absolute atomic E-state index is 6.14. The second-order valence-corrected chi connectivity index (χ2v) is 8.68. The maximum atomic E-state index is 6.14. The highest BCUT2D eigenvalue weighted by atomic mass is 16.5. The van der Waals surface area contributed by atoms with Crippen LogP contribution < -0.4 is 15.0 Å². The summed E-state index contributed by atoms with van der Waals surface area (Å²) >= 11 is 0. The number of hydrogen-bond acceptors (Lipinski definition) is 6. The lowest BCUT2D eigenvalue weighted by atomic mass is 10.2. The Morgan fingerprint density at radius 1 is 1.00 bits per heavy atom. The summed E-state index contributed by atoms with van der Waals surface area (Å²) in [5.41, 5.74) is 3.05. The molecule has 4 aromatic rings. The van der Waals surface area contributed by atoms with Gasteiger partial charge in [-0.1, -0.05) is 18.2 Å². The van der Waals surface area contributed by atoms with E-state index in [4.69, 9.17) is 9.72 Å². The van der Waals surface area contributed by atoms with E-state index < -0.39 is 0 Å². The van der Waals surface area contributed by atoms with Gasteiger partial charge in [-0.2, -0.15) is 4.98 Å².